The van der Waals surface area contributed by atoms with Gasteiger partial charge in [0.15, 0.2) is 10.8 Å². The summed E-state index contributed by atoms with van der Waals surface area (Å²) >= 11 is 0. The zero-order valence-corrected chi connectivity index (χ0v) is 9.57. The van der Waals surface area contributed by atoms with Crippen molar-refractivity contribution in [2.75, 3.05) is 0 Å². The molecule has 0 amide bonds. The molecule has 2 aliphatic rings. The van der Waals surface area contributed by atoms with E-state index in [1.54, 1.807) is 0 Å². The molecule has 2 saturated heterocycles. The summed E-state index contributed by atoms with van der Waals surface area (Å²) in [5, 5.41) is 0. The van der Waals surface area contributed by atoms with Crippen LogP contribution in [0.1, 0.15) is 33.1 Å². The second kappa shape index (κ2) is 3.38. The summed E-state index contributed by atoms with van der Waals surface area (Å²) in [5.74, 6) is -2.18. The van der Waals surface area contributed by atoms with Crippen molar-refractivity contribution < 1.29 is 28.7 Å². The Morgan fingerprint density at radius 2 is 1.06 bits per heavy atom. The normalized spacial score (nSPS) is 24.6. The predicted molar refractivity (Wildman–Crippen MR) is 52.3 cm³/mol. The highest BCUT2D eigenvalue weighted by molar-refractivity contribution is 6.14. The van der Waals surface area contributed by atoms with Gasteiger partial charge in [0.2, 0.25) is 0 Å². The van der Waals surface area contributed by atoms with Gasteiger partial charge in [-0.1, -0.05) is 0 Å². The highest BCUT2D eigenvalue weighted by Crippen LogP contribution is 2.40. The van der Waals surface area contributed by atoms with Gasteiger partial charge >= 0.3 is 23.9 Å². The zero-order chi connectivity index (χ0) is 12.8. The van der Waals surface area contributed by atoms with E-state index in [0.717, 1.165) is 0 Å². The van der Waals surface area contributed by atoms with E-state index >= 15 is 0 Å². The lowest BCUT2D eigenvalue weighted by atomic mass is 9.76. The molecule has 0 spiro atoms. The molecule has 2 rings (SSSR count). The van der Waals surface area contributed by atoms with E-state index in [1.165, 1.54) is 13.8 Å². The van der Waals surface area contributed by atoms with E-state index in [2.05, 4.69) is 9.47 Å². The lowest BCUT2D eigenvalue weighted by Gasteiger charge is -2.35. The van der Waals surface area contributed by atoms with Crippen LogP contribution in [0, 0.1) is 10.8 Å². The summed E-state index contributed by atoms with van der Waals surface area (Å²) in [6.07, 6.45) is 0.969. The summed E-state index contributed by atoms with van der Waals surface area (Å²) in [7, 11) is 0. The van der Waals surface area contributed by atoms with Gasteiger partial charge in [-0.05, 0) is 33.1 Å². The number of cyclic esters (lactones) is 4. The van der Waals surface area contributed by atoms with Crippen LogP contribution in [0.3, 0.4) is 0 Å². The van der Waals surface area contributed by atoms with E-state index in [1.807, 2.05) is 0 Å². The highest BCUT2D eigenvalue weighted by atomic mass is 16.6. The fourth-order valence-corrected chi connectivity index (χ4v) is 1.90. The second-order valence-electron chi connectivity index (χ2n) is 4.87. The molecule has 0 aliphatic carbocycles. The van der Waals surface area contributed by atoms with E-state index in [4.69, 9.17) is 0 Å². The molecular formula is C11H12O6. The Labute approximate surface area is 97.3 Å². The van der Waals surface area contributed by atoms with Crippen molar-refractivity contribution in [3.05, 3.63) is 0 Å². The Bertz CT molecular complexity index is 367. The number of ether oxygens (including phenoxy) is 2. The molecule has 0 radical (unpaired) electrons. The van der Waals surface area contributed by atoms with Crippen LogP contribution in [0.5, 0.6) is 0 Å². The summed E-state index contributed by atoms with van der Waals surface area (Å²) < 4.78 is 8.57. The summed E-state index contributed by atoms with van der Waals surface area (Å²) in [6.45, 7) is 3.01. The van der Waals surface area contributed by atoms with Crippen LogP contribution in [0.15, 0.2) is 0 Å². The average molecular weight is 240 g/mol. The van der Waals surface area contributed by atoms with Crippen LogP contribution < -0.4 is 0 Å². The number of carbonyl (C=O) groups is 4. The maximum atomic E-state index is 11.1. The molecule has 0 bridgehead atoms. The van der Waals surface area contributed by atoms with Crippen LogP contribution in [0.4, 0.5) is 0 Å². The van der Waals surface area contributed by atoms with Gasteiger partial charge in [-0.2, -0.15) is 0 Å². The van der Waals surface area contributed by atoms with Crippen LogP contribution in [-0.2, 0) is 28.7 Å². The SMILES string of the molecule is CC1(CCCC2(C)C(=O)OC2=O)C(=O)OC1=O. The monoisotopic (exact) mass is 240 g/mol. The van der Waals surface area contributed by atoms with E-state index in [9.17, 15) is 19.2 Å². The lowest BCUT2D eigenvalue weighted by molar-refractivity contribution is -0.196. The Balaban J connectivity index is 1.88. The van der Waals surface area contributed by atoms with Gasteiger partial charge in [-0.3, -0.25) is 19.2 Å². The van der Waals surface area contributed by atoms with Crippen molar-refractivity contribution in [2.45, 2.75) is 33.1 Å². The Kier molecular flexibility index (Phi) is 2.34. The standard InChI is InChI=1S/C11H12O6/c1-10(6(12)16-7(10)13)4-3-5-11(2)8(14)17-9(11)15/h3-5H2,1-2H3. The Morgan fingerprint density at radius 3 is 1.29 bits per heavy atom. The van der Waals surface area contributed by atoms with E-state index in [0.29, 0.717) is 6.42 Å². The molecule has 0 N–H and O–H groups in total. The Morgan fingerprint density at radius 1 is 0.765 bits per heavy atom. The molecular weight excluding hydrogens is 228 g/mol. The van der Waals surface area contributed by atoms with Crippen molar-refractivity contribution in [1.29, 1.82) is 0 Å². The van der Waals surface area contributed by atoms with Crippen LogP contribution in [-0.4, -0.2) is 23.9 Å². The molecule has 6 nitrogen and oxygen atoms in total. The molecule has 6 heteroatoms. The number of hydrogen-bond acceptors (Lipinski definition) is 6. The van der Waals surface area contributed by atoms with Gasteiger partial charge in [-0.25, -0.2) is 0 Å². The molecule has 0 aromatic carbocycles. The van der Waals surface area contributed by atoms with Crippen LogP contribution >= 0.6 is 0 Å². The molecule has 0 saturated carbocycles. The van der Waals surface area contributed by atoms with Gasteiger partial charge < -0.3 is 9.47 Å². The fraction of sp³-hybridized carbons (Fsp3) is 0.636. The van der Waals surface area contributed by atoms with E-state index in [-0.39, 0.29) is 12.8 Å². The maximum absolute atomic E-state index is 11.1. The van der Waals surface area contributed by atoms with Crippen molar-refractivity contribution in [2.24, 2.45) is 10.8 Å². The van der Waals surface area contributed by atoms with Crippen LogP contribution in [0.2, 0.25) is 0 Å². The zero-order valence-electron chi connectivity index (χ0n) is 9.57. The number of hydrogen-bond donors (Lipinski definition) is 0. The second-order valence-corrected chi connectivity index (χ2v) is 4.87. The predicted octanol–water partition coefficient (Wildman–Crippen LogP) is 0.336. The highest BCUT2D eigenvalue weighted by Gasteiger charge is 2.57. The first-order chi connectivity index (χ1) is 7.80. The first kappa shape index (κ1) is 11.8. The van der Waals surface area contributed by atoms with Gasteiger partial charge in [0.25, 0.3) is 0 Å². The molecule has 2 aliphatic heterocycles. The van der Waals surface area contributed by atoms with Crippen molar-refractivity contribution in [3.63, 3.8) is 0 Å². The number of carbonyl (C=O) groups excluding carboxylic acids is 4. The smallest absolute Gasteiger partial charge is 0.330 e. The molecule has 92 valence electrons. The topological polar surface area (TPSA) is 86.7 Å². The van der Waals surface area contributed by atoms with Gasteiger partial charge in [0, 0.05) is 0 Å². The lowest BCUT2D eigenvalue weighted by Crippen LogP contribution is -2.53. The third kappa shape index (κ3) is 1.47. The molecule has 0 atom stereocenters. The largest absolute Gasteiger partial charge is 0.391 e. The molecule has 0 aromatic rings. The number of rotatable bonds is 4. The van der Waals surface area contributed by atoms with Gasteiger partial charge in [-0.15, -0.1) is 0 Å². The van der Waals surface area contributed by atoms with Gasteiger partial charge in [0.05, 0.1) is 0 Å². The molecule has 0 unspecified atom stereocenters. The minimum atomic E-state index is -1.10. The van der Waals surface area contributed by atoms with Crippen LogP contribution in [0.25, 0.3) is 0 Å². The van der Waals surface area contributed by atoms with E-state index < -0.39 is 34.7 Å². The first-order valence-corrected chi connectivity index (χ1v) is 5.34. The molecule has 2 heterocycles. The third-order valence-electron chi connectivity index (χ3n) is 3.53. The minimum absolute atomic E-state index is 0.279. The summed E-state index contributed by atoms with van der Waals surface area (Å²) in [6, 6.07) is 0. The van der Waals surface area contributed by atoms with Crippen molar-refractivity contribution in [1.82, 2.24) is 0 Å². The summed E-state index contributed by atoms with van der Waals surface area (Å²) in [5.41, 5.74) is -2.21. The first-order valence-electron chi connectivity index (χ1n) is 5.34. The number of esters is 4. The third-order valence-corrected chi connectivity index (χ3v) is 3.53. The minimum Gasteiger partial charge on any atom is -0.391 e. The molecule has 17 heavy (non-hydrogen) atoms. The molecule has 0 aromatic heterocycles. The average Bonchev–Trinajstić information content (AvgIpc) is 2.29. The quantitative estimate of drug-likeness (QED) is 0.520. The van der Waals surface area contributed by atoms with Crippen molar-refractivity contribution in [3.8, 4) is 0 Å². The van der Waals surface area contributed by atoms with Crippen molar-refractivity contribution >= 4 is 23.9 Å². The maximum Gasteiger partial charge on any atom is 0.330 e. The Hall–Kier alpha value is -1.72. The fourth-order valence-electron chi connectivity index (χ4n) is 1.90. The van der Waals surface area contributed by atoms with Gasteiger partial charge in [0.1, 0.15) is 0 Å². The summed E-state index contributed by atoms with van der Waals surface area (Å²) in [4.78, 5) is 44.5. The molecule has 2 fully saturated rings.